The highest BCUT2D eigenvalue weighted by atomic mass is 16.5. The van der Waals surface area contributed by atoms with Gasteiger partial charge in [-0.1, -0.05) is 46.7 Å². The number of nitrogens with zero attached hydrogens (tertiary/aromatic N) is 3. The van der Waals surface area contributed by atoms with E-state index < -0.39 is 0 Å². The fraction of sp³-hybridized carbons (Fsp3) is 1.00. The Balaban J connectivity index is 3.03. The molecule has 1 fully saturated rings. The van der Waals surface area contributed by atoms with Gasteiger partial charge in [-0.2, -0.15) is 0 Å². The molecule has 0 bridgehead atoms. The van der Waals surface area contributed by atoms with Crippen LogP contribution in [0.5, 0.6) is 0 Å². The topological polar surface area (TPSA) is 58.0 Å². The Morgan fingerprint density at radius 2 is 1.82 bits per heavy atom. The van der Waals surface area contributed by atoms with Crippen LogP contribution in [-0.4, -0.2) is 18.2 Å². The Morgan fingerprint density at radius 3 is 2.24 bits per heavy atom. The van der Waals surface area contributed by atoms with Crippen LogP contribution in [-0.2, 0) is 4.74 Å². The van der Waals surface area contributed by atoms with Crippen molar-refractivity contribution in [2.45, 2.75) is 66.2 Å². The second-order valence-electron chi connectivity index (χ2n) is 6.28. The fourth-order valence-electron chi connectivity index (χ4n) is 2.73. The van der Waals surface area contributed by atoms with Crippen LogP contribution < -0.4 is 0 Å². The zero-order chi connectivity index (χ0) is 13.2. The normalized spacial score (nSPS) is 38.6. The highest BCUT2D eigenvalue weighted by Crippen LogP contribution is 2.40. The lowest BCUT2D eigenvalue weighted by Gasteiger charge is -2.48. The Morgan fingerprint density at radius 1 is 1.24 bits per heavy atom. The predicted octanol–water partition coefficient (Wildman–Crippen LogP) is 4.16. The van der Waals surface area contributed by atoms with E-state index in [0.717, 1.165) is 6.42 Å². The number of hydrogen-bond acceptors (Lipinski definition) is 2. The van der Waals surface area contributed by atoms with Gasteiger partial charge in [-0.3, -0.25) is 0 Å². The maximum absolute atomic E-state index is 8.73. The molecule has 98 valence electrons. The van der Waals surface area contributed by atoms with E-state index in [-0.39, 0.29) is 23.7 Å². The van der Waals surface area contributed by atoms with Gasteiger partial charge in [-0.15, -0.1) is 0 Å². The molecule has 0 N–H and O–H groups in total. The summed E-state index contributed by atoms with van der Waals surface area (Å²) in [4.78, 5) is 3.00. The lowest BCUT2D eigenvalue weighted by atomic mass is 9.72. The summed E-state index contributed by atoms with van der Waals surface area (Å²) >= 11 is 0. The molecule has 2 unspecified atom stereocenters. The summed E-state index contributed by atoms with van der Waals surface area (Å²) in [5.74, 6) is 0.808. The molecule has 1 aliphatic rings. The van der Waals surface area contributed by atoms with Crippen LogP contribution >= 0.6 is 0 Å². The highest BCUT2D eigenvalue weighted by molar-refractivity contribution is 4.97. The first-order valence-corrected chi connectivity index (χ1v) is 6.52. The number of hydrogen-bond donors (Lipinski definition) is 0. The van der Waals surface area contributed by atoms with Crippen LogP contribution in [0.1, 0.15) is 48.0 Å². The molecular weight excluding hydrogens is 214 g/mol. The molecule has 0 aromatic rings. The largest absolute Gasteiger partial charge is 0.374 e. The molecule has 1 heterocycles. The van der Waals surface area contributed by atoms with E-state index >= 15 is 0 Å². The van der Waals surface area contributed by atoms with E-state index in [0.29, 0.717) is 11.8 Å². The van der Waals surface area contributed by atoms with E-state index in [4.69, 9.17) is 10.3 Å². The molecule has 0 aromatic carbocycles. The molecule has 4 nitrogen and oxygen atoms in total. The maximum Gasteiger partial charge on any atom is 0.0714 e. The lowest BCUT2D eigenvalue weighted by molar-refractivity contribution is -0.151. The molecule has 4 heteroatoms. The summed E-state index contributed by atoms with van der Waals surface area (Å²) in [6.45, 7) is 13.0. The van der Waals surface area contributed by atoms with Crippen molar-refractivity contribution < 1.29 is 4.74 Å². The van der Waals surface area contributed by atoms with Gasteiger partial charge >= 0.3 is 0 Å². The Bertz CT molecular complexity index is 304. The molecule has 0 spiro atoms. The van der Waals surface area contributed by atoms with Gasteiger partial charge in [0.25, 0.3) is 0 Å². The van der Waals surface area contributed by atoms with Gasteiger partial charge in [-0.25, -0.2) is 0 Å². The van der Waals surface area contributed by atoms with E-state index in [1.54, 1.807) is 0 Å². The standard InChI is InChI=1S/C13H25N3O/c1-7-10-8(2)9(3)11(15-16-14)12(17-10)13(4,5)6/h8-12H,7H2,1-6H3/t8-,9-,10?,11?,12-/m0/s1. The van der Waals surface area contributed by atoms with Gasteiger partial charge < -0.3 is 4.74 Å². The second-order valence-corrected chi connectivity index (χ2v) is 6.28. The average Bonchev–Trinajstić information content (AvgIpc) is 2.24. The molecule has 1 saturated heterocycles. The van der Waals surface area contributed by atoms with Crippen LogP contribution in [0.3, 0.4) is 0 Å². The molecule has 0 aliphatic carbocycles. The molecule has 17 heavy (non-hydrogen) atoms. The van der Waals surface area contributed by atoms with Crippen molar-refractivity contribution in [3.8, 4) is 0 Å². The molecule has 0 saturated carbocycles. The van der Waals surface area contributed by atoms with Gasteiger partial charge in [0.1, 0.15) is 0 Å². The number of rotatable bonds is 2. The van der Waals surface area contributed by atoms with E-state index in [1.807, 2.05) is 0 Å². The molecule has 5 atom stereocenters. The maximum atomic E-state index is 8.73. The van der Waals surface area contributed by atoms with Crippen molar-refractivity contribution in [3.05, 3.63) is 10.4 Å². The fourth-order valence-corrected chi connectivity index (χ4v) is 2.73. The Labute approximate surface area is 104 Å². The van der Waals surface area contributed by atoms with Gasteiger partial charge in [-0.05, 0) is 29.2 Å². The van der Waals surface area contributed by atoms with Crippen LogP contribution in [0.25, 0.3) is 10.4 Å². The van der Waals surface area contributed by atoms with Crippen molar-refractivity contribution in [1.29, 1.82) is 0 Å². The van der Waals surface area contributed by atoms with E-state index in [9.17, 15) is 0 Å². The minimum atomic E-state index is -0.0576. The summed E-state index contributed by atoms with van der Waals surface area (Å²) in [5.41, 5.74) is 8.73. The van der Waals surface area contributed by atoms with Crippen molar-refractivity contribution in [2.24, 2.45) is 22.4 Å². The molecular formula is C13H25N3O. The van der Waals surface area contributed by atoms with Crippen LogP contribution in [0.4, 0.5) is 0 Å². The smallest absolute Gasteiger partial charge is 0.0714 e. The third-order valence-electron chi connectivity index (χ3n) is 4.03. The first kappa shape index (κ1) is 14.3. The summed E-state index contributed by atoms with van der Waals surface area (Å²) in [5, 5.41) is 3.99. The van der Waals surface area contributed by atoms with Gasteiger partial charge in [0.05, 0.1) is 18.2 Å². The zero-order valence-electron chi connectivity index (χ0n) is 11.8. The lowest BCUT2D eigenvalue weighted by Crippen LogP contribution is -2.53. The second kappa shape index (κ2) is 5.28. The predicted molar refractivity (Wildman–Crippen MR) is 69.7 cm³/mol. The van der Waals surface area contributed by atoms with Crippen molar-refractivity contribution >= 4 is 0 Å². The molecule has 1 aliphatic heterocycles. The van der Waals surface area contributed by atoms with Gasteiger partial charge in [0, 0.05) is 4.91 Å². The third-order valence-corrected chi connectivity index (χ3v) is 4.03. The SMILES string of the molecule is CCC1O[C@H](C(C)(C)C)C(N=[N+]=[N-])[C@@H](C)[C@@H]1C. The molecule has 0 amide bonds. The zero-order valence-corrected chi connectivity index (χ0v) is 11.8. The first-order valence-electron chi connectivity index (χ1n) is 6.52. The Kier molecular flexibility index (Phi) is 4.45. The Hall–Kier alpha value is -0.730. The summed E-state index contributed by atoms with van der Waals surface area (Å²) in [6, 6.07) is -0.0576. The van der Waals surface area contributed by atoms with Gasteiger partial charge in [0.2, 0.25) is 0 Å². The molecule has 0 radical (unpaired) electrons. The number of azide groups is 1. The van der Waals surface area contributed by atoms with Crippen LogP contribution in [0, 0.1) is 17.3 Å². The quantitative estimate of drug-likeness (QED) is 0.405. The van der Waals surface area contributed by atoms with E-state index in [1.165, 1.54) is 0 Å². The molecule has 0 aromatic heterocycles. The molecule has 1 rings (SSSR count). The minimum absolute atomic E-state index is 0.000671. The van der Waals surface area contributed by atoms with Crippen LogP contribution in [0.15, 0.2) is 5.11 Å². The van der Waals surface area contributed by atoms with E-state index in [2.05, 4.69) is 51.6 Å². The highest BCUT2D eigenvalue weighted by Gasteiger charge is 2.44. The van der Waals surface area contributed by atoms with Crippen molar-refractivity contribution in [1.82, 2.24) is 0 Å². The summed E-state index contributed by atoms with van der Waals surface area (Å²) < 4.78 is 6.18. The monoisotopic (exact) mass is 239 g/mol. The van der Waals surface area contributed by atoms with Crippen molar-refractivity contribution in [3.63, 3.8) is 0 Å². The third kappa shape index (κ3) is 2.93. The van der Waals surface area contributed by atoms with Crippen LogP contribution in [0.2, 0.25) is 0 Å². The first-order chi connectivity index (χ1) is 7.82. The van der Waals surface area contributed by atoms with Gasteiger partial charge in [0.15, 0.2) is 0 Å². The minimum Gasteiger partial charge on any atom is -0.374 e. The average molecular weight is 239 g/mol. The number of ether oxygens (including phenoxy) is 1. The summed E-state index contributed by atoms with van der Waals surface area (Å²) in [6.07, 6.45) is 1.30. The summed E-state index contributed by atoms with van der Waals surface area (Å²) in [7, 11) is 0. The van der Waals surface area contributed by atoms with Crippen molar-refractivity contribution in [2.75, 3.05) is 0 Å².